The molecule has 23 heavy (non-hydrogen) atoms. The van der Waals surface area contributed by atoms with Gasteiger partial charge in [0, 0.05) is 22.4 Å². The number of esters is 1. The molecule has 0 aliphatic heterocycles. The Hall–Kier alpha value is -2.08. The van der Waals surface area contributed by atoms with E-state index in [1.54, 1.807) is 31.2 Å². The molecule has 0 fully saturated rings. The summed E-state index contributed by atoms with van der Waals surface area (Å²) in [7, 11) is 1.33. The van der Waals surface area contributed by atoms with Gasteiger partial charge < -0.3 is 14.6 Å². The Labute approximate surface area is 143 Å². The SMILES string of the molecule is COC(=O)c1cccc(NC(=O)c2cc(Br)cn2C(C)C)c1C. The molecule has 0 saturated carbocycles. The number of methoxy groups -OCH3 is 1. The normalized spacial score (nSPS) is 10.7. The largest absolute Gasteiger partial charge is 0.465 e. The topological polar surface area (TPSA) is 60.3 Å². The molecule has 0 spiro atoms. The molecule has 2 rings (SSSR count). The lowest BCUT2D eigenvalue weighted by molar-refractivity contribution is 0.0599. The van der Waals surface area contributed by atoms with E-state index in [0.717, 1.165) is 4.47 Å². The maximum Gasteiger partial charge on any atom is 0.338 e. The van der Waals surface area contributed by atoms with Gasteiger partial charge in [0.25, 0.3) is 5.91 Å². The van der Waals surface area contributed by atoms with Gasteiger partial charge in [-0.15, -0.1) is 0 Å². The van der Waals surface area contributed by atoms with Crippen molar-refractivity contribution in [2.45, 2.75) is 26.8 Å². The molecule has 0 radical (unpaired) electrons. The number of amides is 1. The number of hydrogen-bond acceptors (Lipinski definition) is 3. The van der Waals surface area contributed by atoms with Gasteiger partial charge >= 0.3 is 5.97 Å². The number of nitrogens with one attached hydrogen (secondary N) is 1. The summed E-state index contributed by atoms with van der Waals surface area (Å²) >= 11 is 3.40. The molecule has 122 valence electrons. The Morgan fingerprint density at radius 3 is 2.61 bits per heavy atom. The van der Waals surface area contributed by atoms with E-state index in [4.69, 9.17) is 4.74 Å². The number of ether oxygens (including phenoxy) is 1. The molecule has 0 saturated heterocycles. The van der Waals surface area contributed by atoms with E-state index >= 15 is 0 Å². The van der Waals surface area contributed by atoms with Crippen LogP contribution < -0.4 is 5.32 Å². The first kappa shape index (κ1) is 17.3. The number of aromatic nitrogens is 1. The molecule has 0 aliphatic rings. The molecule has 1 amide bonds. The van der Waals surface area contributed by atoms with Crippen molar-refractivity contribution < 1.29 is 14.3 Å². The van der Waals surface area contributed by atoms with Crippen molar-refractivity contribution in [2.24, 2.45) is 0 Å². The fourth-order valence-corrected chi connectivity index (χ4v) is 2.78. The predicted molar refractivity (Wildman–Crippen MR) is 93.0 cm³/mol. The number of carbonyl (C=O) groups is 2. The van der Waals surface area contributed by atoms with Crippen LogP contribution in [0, 0.1) is 6.92 Å². The quantitative estimate of drug-likeness (QED) is 0.811. The van der Waals surface area contributed by atoms with Crippen LogP contribution in [0.3, 0.4) is 0 Å². The van der Waals surface area contributed by atoms with E-state index in [-0.39, 0.29) is 11.9 Å². The minimum absolute atomic E-state index is 0.157. The third kappa shape index (κ3) is 3.64. The van der Waals surface area contributed by atoms with Crippen molar-refractivity contribution in [2.75, 3.05) is 12.4 Å². The minimum atomic E-state index is -0.424. The summed E-state index contributed by atoms with van der Waals surface area (Å²) < 4.78 is 7.49. The maximum absolute atomic E-state index is 12.6. The first-order valence-electron chi connectivity index (χ1n) is 7.21. The molecule has 1 aromatic heterocycles. The molecule has 2 aromatic rings. The zero-order valence-electron chi connectivity index (χ0n) is 13.5. The zero-order chi connectivity index (χ0) is 17.1. The minimum Gasteiger partial charge on any atom is -0.465 e. The smallest absolute Gasteiger partial charge is 0.338 e. The molecule has 0 atom stereocenters. The third-order valence-electron chi connectivity index (χ3n) is 3.59. The number of nitrogens with zero attached hydrogens (tertiary/aromatic N) is 1. The highest BCUT2D eigenvalue weighted by Crippen LogP contribution is 2.23. The number of hydrogen-bond donors (Lipinski definition) is 1. The van der Waals surface area contributed by atoms with Crippen LogP contribution in [0.25, 0.3) is 0 Å². The summed E-state index contributed by atoms with van der Waals surface area (Å²) in [5.41, 5.74) is 2.25. The lowest BCUT2D eigenvalue weighted by Crippen LogP contribution is -2.19. The molecule has 5 nitrogen and oxygen atoms in total. The summed E-state index contributed by atoms with van der Waals surface area (Å²) in [6.45, 7) is 5.79. The first-order chi connectivity index (χ1) is 10.8. The maximum atomic E-state index is 12.6. The van der Waals surface area contributed by atoms with Gasteiger partial charge in [0.05, 0.1) is 12.7 Å². The lowest BCUT2D eigenvalue weighted by Gasteiger charge is -2.14. The number of benzene rings is 1. The number of anilines is 1. The van der Waals surface area contributed by atoms with Crippen LogP contribution in [-0.2, 0) is 4.74 Å². The number of halogens is 1. The van der Waals surface area contributed by atoms with Gasteiger partial charge in [-0.25, -0.2) is 4.79 Å². The summed E-state index contributed by atoms with van der Waals surface area (Å²) in [4.78, 5) is 24.3. The van der Waals surface area contributed by atoms with E-state index < -0.39 is 5.97 Å². The van der Waals surface area contributed by atoms with Crippen molar-refractivity contribution in [3.05, 3.63) is 51.8 Å². The predicted octanol–water partition coefficient (Wildman–Crippen LogP) is 4.18. The van der Waals surface area contributed by atoms with E-state index in [2.05, 4.69) is 21.2 Å². The monoisotopic (exact) mass is 378 g/mol. The van der Waals surface area contributed by atoms with Gasteiger partial charge in [-0.1, -0.05) is 6.07 Å². The average molecular weight is 379 g/mol. The van der Waals surface area contributed by atoms with Gasteiger partial charge in [-0.2, -0.15) is 0 Å². The molecular weight excluding hydrogens is 360 g/mol. The van der Waals surface area contributed by atoms with E-state index in [0.29, 0.717) is 22.5 Å². The Morgan fingerprint density at radius 1 is 1.30 bits per heavy atom. The fraction of sp³-hybridized carbons (Fsp3) is 0.294. The Morgan fingerprint density at radius 2 is 2.00 bits per heavy atom. The van der Waals surface area contributed by atoms with E-state index in [1.165, 1.54) is 7.11 Å². The second-order valence-corrected chi connectivity index (χ2v) is 6.38. The van der Waals surface area contributed by atoms with Crippen LogP contribution >= 0.6 is 15.9 Å². The highest BCUT2D eigenvalue weighted by Gasteiger charge is 2.18. The van der Waals surface area contributed by atoms with Crippen molar-refractivity contribution >= 4 is 33.5 Å². The van der Waals surface area contributed by atoms with Gasteiger partial charge in [0.2, 0.25) is 0 Å². The second kappa shape index (κ2) is 7.00. The van der Waals surface area contributed by atoms with Crippen LogP contribution in [0.1, 0.15) is 46.3 Å². The molecule has 1 aromatic carbocycles. The zero-order valence-corrected chi connectivity index (χ0v) is 15.1. The van der Waals surface area contributed by atoms with Crippen LogP contribution in [0.15, 0.2) is 34.9 Å². The van der Waals surface area contributed by atoms with Crippen molar-refractivity contribution in [1.82, 2.24) is 4.57 Å². The second-order valence-electron chi connectivity index (χ2n) is 5.47. The van der Waals surface area contributed by atoms with Crippen molar-refractivity contribution in [3.8, 4) is 0 Å². The molecule has 0 aliphatic carbocycles. The van der Waals surface area contributed by atoms with Gasteiger partial charge in [0.1, 0.15) is 5.69 Å². The van der Waals surface area contributed by atoms with Crippen LogP contribution in [-0.4, -0.2) is 23.6 Å². The standard InChI is InChI=1S/C17H19BrN2O3/c1-10(2)20-9-12(18)8-15(20)16(21)19-14-7-5-6-13(11(14)3)17(22)23-4/h5-10H,1-4H3,(H,19,21). The van der Waals surface area contributed by atoms with E-state index in [9.17, 15) is 9.59 Å². The van der Waals surface area contributed by atoms with Gasteiger partial charge in [-0.05, 0) is 60.5 Å². The number of carbonyl (C=O) groups excluding carboxylic acids is 2. The molecule has 0 unspecified atom stereocenters. The molecular formula is C17H19BrN2O3. The highest BCUT2D eigenvalue weighted by molar-refractivity contribution is 9.10. The summed E-state index contributed by atoms with van der Waals surface area (Å²) in [6.07, 6.45) is 1.87. The average Bonchev–Trinajstić information content (AvgIpc) is 2.91. The van der Waals surface area contributed by atoms with Crippen molar-refractivity contribution in [3.63, 3.8) is 0 Å². The molecule has 1 heterocycles. The summed E-state index contributed by atoms with van der Waals surface area (Å²) in [5.74, 6) is -0.651. The fourth-order valence-electron chi connectivity index (χ4n) is 2.34. The Bertz CT molecular complexity index is 750. The Kier molecular flexibility index (Phi) is 5.26. The number of rotatable bonds is 4. The summed E-state index contributed by atoms with van der Waals surface area (Å²) in [6, 6.07) is 7.08. The highest BCUT2D eigenvalue weighted by atomic mass is 79.9. The molecule has 0 bridgehead atoms. The van der Waals surface area contributed by atoms with Gasteiger partial charge in [0.15, 0.2) is 0 Å². The summed E-state index contributed by atoms with van der Waals surface area (Å²) in [5, 5.41) is 2.87. The van der Waals surface area contributed by atoms with Crippen molar-refractivity contribution in [1.29, 1.82) is 0 Å². The Balaban J connectivity index is 2.33. The lowest BCUT2D eigenvalue weighted by atomic mass is 10.1. The van der Waals surface area contributed by atoms with Crippen LogP contribution in [0.4, 0.5) is 5.69 Å². The van der Waals surface area contributed by atoms with Crippen LogP contribution in [0.5, 0.6) is 0 Å². The van der Waals surface area contributed by atoms with Crippen LogP contribution in [0.2, 0.25) is 0 Å². The first-order valence-corrected chi connectivity index (χ1v) is 8.01. The third-order valence-corrected chi connectivity index (χ3v) is 4.03. The van der Waals surface area contributed by atoms with E-state index in [1.807, 2.05) is 24.6 Å². The molecule has 6 heteroatoms. The van der Waals surface area contributed by atoms with Gasteiger partial charge in [-0.3, -0.25) is 4.79 Å². The molecule has 1 N–H and O–H groups in total.